The van der Waals surface area contributed by atoms with Gasteiger partial charge in [-0.2, -0.15) is 8.78 Å². The first kappa shape index (κ1) is 27.6. The van der Waals surface area contributed by atoms with Crippen LogP contribution in [0.2, 0.25) is 0 Å². The first-order chi connectivity index (χ1) is 18.5. The van der Waals surface area contributed by atoms with Gasteiger partial charge in [0, 0.05) is 48.5 Å². The monoisotopic (exact) mass is 551 g/mol. The predicted molar refractivity (Wildman–Crippen MR) is 129 cm³/mol. The van der Waals surface area contributed by atoms with Crippen molar-refractivity contribution in [3.63, 3.8) is 0 Å². The number of anilines is 1. The Bertz CT molecular complexity index is 1440. The number of carbonyl (C=O) groups excluding carboxylic acids is 2. The number of rotatable bonds is 8. The van der Waals surface area contributed by atoms with Crippen molar-refractivity contribution in [1.82, 2.24) is 9.88 Å². The highest BCUT2D eigenvalue weighted by atomic mass is 19.3. The number of methoxy groups -OCH3 is 1. The lowest BCUT2D eigenvalue weighted by Gasteiger charge is -2.20. The minimum Gasteiger partial charge on any atom is -0.497 e. The van der Waals surface area contributed by atoms with E-state index in [1.54, 1.807) is 6.92 Å². The third-order valence-electron chi connectivity index (χ3n) is 6.30. The molecule has 0 spiro atoms. The van der Waals surface area contributed by atoms with Crippen LogP contribution in [0.5, 0.6) is 11.5 Å². The molecule has 3 aromatic rings. The molecule has 2 amide bonds. The van der Waals surface area contributed by atoms with Crippen molar-refractivity contribution in [2.45, 2.75) is 32.0 Å². The van der Waals surface area contributed by atoms with Gasteiger partial charge in [0.15, 0.2) is 5.82 Å². The standard InChI is InChI=1S/C26H22F5N3O5/c1-3-33-9-8-17(27)22(25(33)37)34-12-16(20-18(28)10-15(38-2)11-19(20)29)21(24(34)36)32-23(35)13-4-6-14(7-5-13)39-26(30)31/h4-11,16,21,26H,3,12H2,1-2H3,(H,32,35)/t16-,21-/m0/s1. The summed E-state index contributed by atoms with van der Waals surface area (Å²) >= 11 is 0. The maximum atomic E-state index is 15.1. The van der Waals surface area contributed by atoms with Gasteiger partial charge in [0.25, 0.3) is 17.4 Å². The third kappa shape index (κ3) is 5.42. The van der Waals surface area contributed by atoms with Crippen LogP contribution in [-0.4, -0.2) is 42.7 Å². The van der Waals surface area contributed by atoms with Crippen LogP contribution in [0.15, 0.2) is 53.5 Å². The number of aryl methyl sites for hydroxylation is 1. The lowest BCUT2D eigenvalue weighted by molar-refractivity contribution is -0.118. The van der Waals surface area contributed by atoms with E-state index in [1.807, 2.05) is 0 Å². The van der Waals surface area contributed by atoms with Crippen LogP contribution in [0.4, 0.5) is 27.6 Å². The fourth-order valence-corrected chi connectivity index (χ4v) is 4.43. The Labute approximate surface area is 218 Å². The minimum absolute atomic E-state index is 0.0866. The van der Waals surface area contributed by atoms with Crippen molar-refractivity contribution in [3.8, 4) is 11.5 Å². The maximum absolute atomic E-state index is 15.1. The lowest BCUT2D eigenvalue weighted by Crippen LogP contribution is -2.45. The van der Waals surface area contributed by atoms with Gasteiger partial charge in [0.05, 0.1) is 7.11 Å². The van der Waals surface area contributed by atoms with Crippen molar-refractivity contribution in [2.24, 2.45) is 0 Å². The molecule has 2 atom stereocenters. The summed E-state index contributed by atoms with van der Waals surface area (Å²) in [6, 6.07) is 5.61. The van der Waals surface area contributed by atoms with Crippen LogP contribution in [0.25, 0.3) is 0 Å². The van der Waals surface area contributed by atoms with Gasteiger partial charge in [0.2, 0.25) is 0 Å². The molecule has 1 aliphatic heterocycles. The molecule has 0 unspecified atom stereocenters. The van der Waals surface area contributed by atoms with E-state index in [9.17, 15) is 27.6 Å². The second-order valence-corrected chi connectivity index (χ2v) is 8.52. The zero-order chi connectivity index (χ0) is 28.4. The summed E-state index contributed by atoms with van der Waals surface area (Å²) in [6.45, 7) is -1.84. The summed E-state index contributed by atoms with van der Waals surface area (Å²) in [6.07, 6.45) is 1.20. The van der Waals surface area contributed by atoms with Crippen LogP contribution in [0, 0.1) is 17.5 Å². The van der Waals surface area contributed by atoms with Crippen molar-refractivity contribution in [2.75, 3.05) is 18.6 Å². The normalized spacial score (nSPS) is 17.0. The lowest BCUT2D eigenvalue weighted by atomic mass is 9.92. The number of carbonyl (C=O) groups is 2. The number of halogens is 5. The number of aromatic nitrogens is 1. The summed E-state index contributed by atoms with van der Waals surface area (Å²) in [5.41, 5.74) is -2.14. The zero-order valence-electron chi connectivity index (χ0n) is 20.6. The quantitative estimate of drug-likeness (QED) is 0.430. The molecule has 0 aliphatic carbocycles. The average molecular weight is 551 g/mol. The highest BCUT2D eigenvalue weighted by Crippen LogP contribution is 2.36. The Balaban J connectivity index is 1.75. The van der Waals surface area contributed by atoms with Gasteiger partial charge >= 0.3 is 6.61 Å². The summed E-state index contributed by atoms with van der Waals surface area (Å²) in [4.78, 5) is 40.1. The van der Waals surface area contributed by atoms with Gasteiger partial charge in [-0.25, -0.2) is 13.2 Å². The number of ether oxygens (including phenoxy) is 2. The molecule has 13 heteroatoms. The molecule has 4 rings (SSSR count). The predicted octanol–water partition coefficient (Wildman–Crippen LogP) is 3.82. The van der Waals surface area contributed by atoms with Gasteiger partial charge in [-0.15, -0.1) is 0 Å². The van der Waals surface area contributed by atoms with Gasteiger partial charge in [-0.1, -0.05) is 0 Å². The molecule has 1 aromatic heterocycles. The summed E-state index contributed by atoms with van der Waals surface area (Å²) in [5.74, 6) is -6.82. The molecule has 206 valence electrons. The molecule has 1 N–H and O–H groups in total. The van der Waals surface area contributed by atoms with Crippen LogP contribution in [-0.2, 0) is 11.3 Å². The second-order valence-electron chi connectivity index (χ2n) is 8.52. The number of hydrogen-bond donors (Lipinski definition) is 1. The topological polar surface area (TPSA) is 89.9 Å². The van der Waals surface area contributed by atoms with Gasteiger partial charge in [-0.05, 0) is 37.3 Å². The molecule has 2 heterocycles. The summed E-state index contributed by atoms with van der Waals surface area (Å²) < 4.78 is 80.1. The smallest absolute Gasteiger partial charge is 0.387 e. The highest BCUT2D eigenvalue weighted by molar-refractivity contribution is 6.05. The zero-order valence-corrected chi connectivity index (χ0v) is 20.6. The molecule has 1 fully saturated rings. The third-order valence-corrected chi connectivity index (χ3v) is 6.30. The summed E-state index contributed by atoms with van der Waals surface area (Å²) in [7, 11) is 1.20. The molecule has 1 saturated heterocycles. The van der Waals surface area contributed by atoms with Gasteiger partial charge in [0.1, 0.15) is 34.9 Å². The molecular formula is C26H22F5N3O5. The van der Waals surface area contributed by atoms with Crippen molar-refractivity contribution in [3.05, 3.63) is 87.6 Å². The SMILES string of the molecule is CCn1ccc(F)c(N2C[C@@H](c3c(F)cc(OC)cc3F)[C@H](NC(=O)c3ccc(OC(F)F)cc3)C2=O)c1=O. The maximum Gasteiger partial charge on any atom is 0.387 e. The van der Waals surface area contributed by atoms with Gasteiger partial charge in [-0.3, -0.25) is 14.4 Å². The van der Waals surface area contributed by atoms with Crippen LogP contribution in [0.1, 0.15) is 28.8 Å². The number of hydrogen-bond acceptors (Lipinski definition) is 5. The van der Waals surface area contributed by atoms with Crippen molar-refractivity contribution < 1.29 is 41.0 Å². The van der Waals surface area contributed by atoms with Crippen molar-refractivity contribution in [1.29, 1.82) is 0 Å². The van der Waals surface area contributed by atoms with E-state index in [1.165, 1.54) is 13.3 Å². The minimum atomic E-state index is -3.09. The number of nitrogens with zero attached hydrogens (tertiary/aromatic N) is 2. The number of alkyl halides is 2. The van der Waals surface area contributed by atoms with Crippen LogP contribution >= 0.6 is 0 Å². The average Bonchev–Trinajstić information content (AvgIpc) is 3.18. The van der Waals surface area contributed by atoms with E-state index in [-0.39, 0.29) is 23.6 Å². The van der Waals surface area contributed by atoms with E-state index >= 15 is 8.78 Å². The summed E-state index contributed by atoms with van der Waals surface area (Å²) in [5, 5.41) is 2.39. The number of amides is 2. The molecule has 2 aromatic carbocycles. The first-order valence-electron chi connectivity index (χ1n) is 11.6. The second kappa shape index (κ2) is 11.1. The molecule has 39 heavy (non-hydrogen) atoms. The van der Waals surface area contributed by atoms with Crippen LogP contribution < -0.4 is 25.2 Å². The fraction of sp³-hybridized carbons (Fsp3) is 0.269. The Morgan fingerprint density at radius 3 is 2.23 bits per heavy atom. The largest absolute Gasteiger partial charge is 0.497 e. The Morgan fingerprint density at radius 1 is 1.03 bits per heavy atom. The van der Waals surface area contributed by atoms with E-state index in [2.05, 4.69) is 10.1 Å². The Morgan fingerprint density at radius 2 is 1.67 bits per heavy atom. The number of nitrogens with one attached hydrogen (secondary N) is 1. The Hall–Kier alpha value is -4.42. The van der Waals surface area contributed by atoms with Crippen LogP contribution in [0.3, 0.4) is 0 Å². The molecule has 0 saturated carbocycles. The Kier molecular flexibility index (Phi) is 7.88. The number of benzene rings is 2. The molecule has 1 aliphatic rings. The molecule has 8 nitrogen and oxygen atoms in total. The van der Waals surface area contributed by atoms with E-state index in [4.69, 9.17) is 4.74 Å². The van der Waals surface area contributed by atoms with E-state index < -0.39 is 71.2 Å². The molecular weight excluding hydrogens is 529 g/mol. The van der Waals surface area contributed by atoms with Gasteiger partial charge < -0.3 is 24.3 Å². The fourth-order valence-electron chi connectivity index (χ4n) is 4.43. The molecule has 0 bridgehead atoms. The number of pyridine rings is 1. The van der Waals surface area contributed by atoms with Crippen molar-refractivity contribution >= 4 is 17.5 Å². The van der Waals surface area contributed by atoms with E-state index in [0.717, 1.165) is 51.9 Å². The highest BCUT2D eigenvalue weighted by Gasteiger charge is 2.46. The van der Waals surface area contributed by atoms with E-state index in [0.29, 0.717) is 0 Å². The molecule has 0 radical (unpaired) electrons. The first-order valence-corrected chi connectivity index (χ1v) is 11.6.